The minimum Gasteiger partial charge on any atom is -0.397 e. The SMILES string of the molecule is NC(=O)c1sc2nc(N3CCN(Cc4ccccc4)CC3)cc(-c3ccsc3)c2c1N. The third-order valence-electron chi connectivity index (χ3n) is 5.69. The molecule has 1 aliphatic rings. The van der Waals surface area contributed by atoms with Gasteiger partial charge in [-0.05, 0) is 39.6 Å². The number of hydrogen-bond donors (Lipinski definition) is 2. The summed E-state index contributed by atoms with van der Waals surface area (Å²) in [6, 6.07) is 14.7. The number of benzene rings is 1. The van der Waals surface area contributed by atoms with E-state index in [1.54, 1.807) is 11.3 Å². The third kappa shape index (κ3) is 3.89. The Morgan fingerprint density at radius 1 is 1.10 bits per heavy atom. The molecule has 0 spiro atoms. The largest absolute Gasteiger partial charge is 0.397 e. The fourth-order valence-electron chi connectivity index (χ4n) is 4.08. The van der Waals surface area contributed by atoms with Gasteiger partial charge in [0.15, 0.2) is 0 Å². The third-order valence-corrected chi connectivity index (χ3v) is 7.48. The highest BCUT2D eigenvalue weighted by molar-refractivity contribution is 7.21. The highest BCUT2D eigenvalue weighted by atomic mass is 32.1. The van der Waals surface area contributed by atoms with Gasteiger partial charge in [-0.1, -0.05) is 30.3 Å². The number of rotatable bonds is 5. The van der Waals surface area contributed by atoms with Crippen molar-refractivity contribution in [2.45, 2.75) is 6.54 Å². The van der Waals surface area contributed by atoms with Gasteiger partial charge in [0, 0.05) is 38.1 Å². The van der Waals surface area contributed by atoms with Crippen LogP contribution in [0.3, 0.4) is 0 Å². The van der Waals surface area contributed by atoms with Gasteiger partial charge in [-0.2, -0.15) is 11.3 Å². The Labute approximate surface area is 188 Å². The number of nitrogens with two attached hydrogens (primary N) is 2. The monoisotopic (exact) mass is 449 g/mol. The molecule has 5 rings (SSSR count). The average Bonchev–Trinajstić information content (AvgIpc) is 3.43. The van der Waals surface area contributed by atoms with Gasteiger partial charge < -0.3 is 16.4 Å². The lowest BCUT2D eigenvalue weighted by molar-refractivity contribution is 0.100. The molecule has 1 amide bonds. The molecule has 1 saturated heterocycles. The zero-order chi connectivity index (χ0) is 21.4. The number of fused-ring (bicyclic) bond motifs is 1. The highest BCUT2D eigenvalue weighted by Gasteiger charge is 2.23. The van der Waals surface area contributed by atoms with Gasteiger partial charge in [0.25, 0.3) is 5.91 Å². The van der Waals surface area contributed by atoms with E-state index < -0.39 is 5.91 Å². The molecule has 6 nitrogen and oxygen atoms in total. The zero-order valence-corrected chi connectivity index (χ0v) is 18.6. The molecule has 4 heterocycles. The van der Waals surface area contributed by atoms with Crippen LogP contribution >= 0.6 is 22.7 Å². The van der Waals surface area contributed by atoms with Gasteiger partial charge in [0.1, 0.15) is 15.5 Å². The maximum absolute atomic E-state index is 11.9. The molecule has 4 aromatic rings. The van der Waals surface area contributed by atoms with Crippen LogP contribution in [0.1, 0.15) is 15.2 Å². The normalized spacial score (nSPS) is 14.9. The van der Waals surface area contributed by atoms with Crippen molar-refractivity contribution >= 4 is 50.3 Å². The van der Waals surface area contributed by atoms with Gasteiger partial charge in [0.05, 0.1) is 5.69 Å². The molecule has 0 aliphatic carbocycles. The highest BCUT2D eigenvalue weighted by Crippen LogP contribution is 2.41. The predicted octanol–water partition coefficient (Wildman–Crippen LogP) is 4.03. The van der Waals surface area contributed by atoms with E-state index in [0.717, 1.165) is 59.9 Å². The number of nitrogens with zero attached hydrogens (tertiary/aromatic N) is 3. The zero-order valence-electron chi connectivity index (χ0n) is 17.0. The number of carbonyl (C=O) groups excluding carboxylic acids is 1. The van der Waals surface area contributed by atoms with E-state index in [9.17, 15) is 4.79 Å². The van der Waals surface area contributed by atoms with Crippen molar-refractivity contribution in [3.05, 3.63) is 63.7 Å². The average molecular weight is 450 g/mol. The first-order chi connectivity index (χ1) is 15.1. The Balaban J connectivity index is 1.45. The van der Waals surface area contributed by atoms with E-state index in [-0.39, 0.29) is 0 Å². The summed E-state index contributed by atoms with van der Waals surface area (Å²) in [6.07, 6.45) is 0. The van der Waals surface area contributed by atoms with Crippen molar-refractivity contribution in [2.75, 3.05) is 36.8 Å². The van der Waals surface area contributed by atoms with E-state index in [1.807, 2.05) is 5.38 Å². The number of carbonyl (C=O) groups is 1. The van der Waals surface area contributed by atoms with Crippen molar-refractivity contribution in [1.82, 2.24) is 9.88 Å². The number of hydrogen-bond acceptors (Lipinski definition) is 7. The Bertz CT molecular complexity index is 1210. The minimum absolute atomic E-state index is 0.379. The van der Waals surface area contributed by atoms with Crippen LogP contribution in [0.5, 0.6) is 0 Å². The van der Waals surface area contributed by atoms with E-state index in [0.29, 0.717) is 10.6 Å². The minimum atomic E-state index is -0.507. The Hall–Kier alpha value is -2.94. The molecule has 0 unspecified atom stereocenters. The molecule has 1 fully saturated rings. The van der Waals surface area contributed by atoms with Gasteiger partial charge >= 0.3 is 0 Å². The van der Waals surface area contributed by atoms with Gasteiger partial charge in [0.2, 0.25) is 0 Å². The molecule has 1 aromatic carbocycles. The van der Waals surface area contributed by atoms with Crippen LogP contribution in [0, 0.1) is 0 Å². The lowest BCUT2D eigenvalue weighted by Gasteiger charge is -2.35. The van der Waals surface area contributed by atoms with Crippen LogP contribution in [0.15, 0.2) is 53.2 Å². The number of primary amides is 1. The van der Waals surface area contributed by atoms with Crippen LogP contribution < -0.4 is 16.4 Å². The fraction of sp³-hybridized carbons (Fsp3) is 0.217. The topological polar surface area (TPSA) is 88.5 Å². The maximum atomic E-state index is 11.9. The molecule has 158 valence electrons. The number of nitrogen functional groups attached to an aromatic ring is 1. The first-order valence-electron chi connectivity index (χ1n) is 10.2. The van der Waals surface area contributed by atoms with Gasteiger partial charge in [-0.15, -0.1) is 11.3 Å². The maximum Gasteiger partial charge on any atom is 0.260 e. The first kappa shape index (κ1) is 20.0. The Kier molecular flexibility index (Phi) is 5.35. The summed E-state index contributed by atoms with van der Waals surface area (Å²) in [6.45, 7) is 4.71. The van der Waals surface area contributed by atoms with Crippen molar-refractivity contribution < 1.29 is 4.79 Å². The summed E-state index contributed by atoms with van der Waals surface area (Å²) in [5.41, 5.74) is 15.7. The lowest BCUT2D eigenvalue weighted by atomic mass is 10.0. The van der Waals surface area contributed by atoms with Crippen LogP contribution in [-0.4, -0.2) is 42.0 Å². The molecule has 0 radical (unpaired) electrons. The summed E-state index contributed by atoms with van der Waals surface area (Å²) >= 11 is 2.91. The quantitative estimate of drug-likeness (QED) is 0.480. The summed E-state index contributed by atoms with van der Waals surface area (Å²) in [4.78, 5) is 22.7. The fourth-order valence-corrected chi connectivity index (χ4v) is 5.70. The second-order valence-corrected chi connectivity index (χ2v) is 9.46. The second-order valence-electron chi connectivity index (χ2n) is 7.68. The summed E-state index contributed by atoms with van der Waals surface area (Å²) in [7, 11) is 0. The number of anilines is 2. The molecule has 8 heteroatoms. The van der Waals surface area contributed by atoms with Crippen molar-refractivity contribution in [3.63, 3.8) is 0 Å². The van der Waals surface area contributed by atoms with Crippen LogP contribution in [0.2, 0.25) is 0 Å². The summed E-state index contributed by atoms with van der Waals surface area (Å²) in [5, 5.41) is 4.96. The Morgan fingerprint density at radius 2 is 1.87 bits per heavy atom. The standard InChI is InChI=1S/C23H23N5OS2/c24-20-19-17(16-6-11-30-14-16)12-18(26-23(19)31-21(20)22(25)29)28-9-7-27(8-10-28)13-15-4-2-1-3-5-15/h1-6,11-12,14H,7-10,13,24H2,(H2,25,29). The van der Waals surface area contributed by atoms with Crippen LogP contribution in [-0.2, 0) is 6.54 Å². The molecule has 0 bridgehead atoms. The van der Waals surface area contributed by atoms with Crippen LogP contribution in [0.4, 0.5) is 11.5 Å². The molecule has 0 saturated carbocycles. The first-order valence-corrected chi connectivity index (χ1v) is 11.9. The number of amides is 1. The predicted molar refractivity (Wildman–Crippen MR) is 130 cm³/mol. The molecule has 31 heavy (non-hydrogen) atoms. The van der Waals surface area contributed by atoms with Crippen LogP contribution in [0.25, 0.3) is 21.3 Å². The molecule has 0 atom stereocenters. The van der Waals surface area contributed by atoms with E-state index in [2.05, 4.69) is 57.6 Å². The summed E-state index contributed by atoms with van der Waals surface area (Å²) < 4.78 is 0. The number of aromatic nitrogens is 1. The number of piperazine rings is 1. The van der Waals surface area contributed by atoms with Gasteiger partial charge in [-0.25, -0.2) is 4.98 Å². The lowest BCUT2D eigenvalue weighted by Crippen LogP contribution is -2.46. The number of thiophene rings is 2. The van der Waals surface area contributed by atoms with E-state index in [4.69, 9.17) is 16.5 Å². The summed E-state index contributed by atoms with van der Waals surface area (Å²) in [5.74, 6) is 0.415. The van der Waals surface area contributed by atoms with E-state index in [1.165, 1.54) is 16.9 Å². The number of pyridine rings is 1. The second kappa shape index (κ2) is 8.30. The molecular weight excluding hydrogens is 426 g/mol. The van der Waals surface area contributed by atoms with Crippen molar-refractivity contribution in [3.8, 4) is 11.1 Å². The molecule has 1 aliphatic heterocycles. The molecule has 4 N–H and O–H groups in total. The molecule has 3 aromatic heterocycles. The van der Waals surface area contributed by atoms with Gasteiger partial charge in [-0.3, -0.25) is 9.69 Å². The van der Waals surface area contributed by atoms with Crippen molar-refractivity contribution in [2.24, 2.45) is 5.73 Å². The smallest absolute Gasteiger partial charge is 0.260 e. The molecular formula is C23H23N5OS2. The van der Waals surface area contributed by atoms with Crippen molar-refractivity contribution in [1.29, 1.82) is 0 Å². The van der Waals surface area contributed by atoms with E-state index >= 15 is 0 Å². The Morgan fingerprint density at radius 3 is 2.55 bits per heavy atom.